The average Bonchev–Trinajstić information content (AvgIpc) is 2.82. The van der Waals surface area contributed by atoms with Crippen molar-refractivity contribution >= 4 is 10.2 Å². The highest BCUT2D eigenvalue weighted by Gasteiger charge is 2.36. The molecule has 1 aromatic rings. The summed E-state index contributed by atoms with van der Waals surface area (Å²) in [5.41, 5.74) is 0. The van der Waals surface area contributed by atoms with Crippen molar-refractivity contribution in [2.24, 2.45) is 7.05 Å². The molecule has 3 heterocycles. The van der Waals surface area contributed by atoms with Crippen molar-refractivity contribution in [3.8, 4) is 0 Å². The van der Waals surface area contributed by atoms with Gasteiger partial charge in [-0.25, -0.2) is 4.98 Å². The van der Waals surface area contributed by atoms with Crippen LogP contribution in [-0.4, -0.2) is 52.3 Å². The van der Waals surface area contributed by atoms with E-state index in [0.29, 0.717) is 19.6 Å². The Kier molecular flexibility index (Phi) is 5.94. The third kappa shape index (κ3) is 4.00. The summed E-state index contributed by atoms with van der Waals surface area (Å²) < 4.78 is 31.9. The zero-order valence-electron chi connectivity index (χ0n) is 14.7. The molecule has 0 saturated carbocycles. The van der Waals surface area contributed by atoms with Gasteiger partial charge in [0.05, 0.1) is 0 Å². The van der Waals surface area contributed by atoms with Crippen molar-refractivity contribution in [2.75, 3.05) is 19.6 Å². The highest BCUT2D eigenvalue weighted by atomic mass is 32.2. The van der Waals surface area contributed by atoms with Crippen LogP contribution < -0.4 is 0 Å². The van der Waals surface area contributed by atoms with Crippen molar-refractivity contribution in [3.05, 3.63) is 18.2 Å². The lowest BCUT2D eigenvalue weighted by atomic mass is 10.0. The second-order valence-electron chi connectivity index (χ2n) is 7.07. The summed E-state index contributed by atoms with van der Waals surface area (Å²) in [6.45, 7) is 2.04. The van der Waals surface area contributed by atoms with Crippen LogP contribution in [0.1, 0.15) is 57.2 Å². The van der Waals surface area contributed by atoms with E-state index in [1.165, 1.54) is 0 Å². The number of rotatable bonds is 5. The van der Waals surface area contributed by atoms with Gasteiger partial charge in [-0.3, -0.25) is 0 Å². The zero-order valence-corrected chi connectivity index (χ0v) is 15.5. The standard InChI is InChI=1S/C17H30N4O2S/c1-19-15-11-18-17(19)10-9-16-8-4-7-14-21(16)24(22,23)20-12-5-2-3-6-13-20/h11,15-16H,2-10,12-14H2,1H3/t16-/m0/s1. The van der Waals surface area contributed by atoms with Crippen molar-refractivity contribution < 1.29 is 8.42 Å². The Labute approximate surface area is 146 Å². The van der Waals surface area contributed by atoms with E-state index >= 15 is 0 Å². The van der Waals surface area contributed by atoms with Crippen LogP contribution in [0.15, 0.2) is 12.4 Å². The average molecular weight is 355 g/mol. The zero-order chi connectivity index (χ0) is 17.0. The summed E-state index contributed by atoms with van der Waals surface area (Å²) in [6, 6.07) is 0.115. The monoisotopic (exact) mass is 354 g/mol. The number of aryl methyl sites for hydroxylation is 2. The maximum atomic E-state index is 13.2. The minimum Gasteiger partial charge on any atom is -0.338 e. The Morgan fingerprint density at radius 2 is 1.79 bits per heavy atom. The fourth-order valence-electron chi connectivity index (χ4n) is 3.92. The van der Waals surface area contributed by atoms with Gasteiger partial charge in [0.25, 0.3) is 10.2 Å². The lowest BCUT2D eigenvalue weighted by Crippen LogP contribution is -2.51. The van der Waals surface area contributed by atoms with Crippen LogP contribution in [0.25, 0.3) is 0 Å². The summed E-state index contributed by atoms with van der Waals surface area (Å²) in [5.74, 6) is 1.03. The molecular formula is C17H30N4O2S. The number of aromatic nitrogens is 2. The summed E-state index contributed by atoms with van der Waals surface area (Å²) >= 11 is 0. The summed E-state index contributed by atoms with van der Waals surface area (Å²) in [6.07, 6.45) is 12.8. The smallest absolute Gasteiger partial charge is 0.282 e. The molecule has 0 N–H and O–H groups in total. The fraction of sp³-hybridized carbons (Fsp3) is 0.824. The first-order chi connectivity index (χ1) is 11.6. The fourth-order valence-corrected chi connectivity index (χ4v) is 5.88. The Bertz CT molecular complexity index is 620. The molecule has 2 fully saturated rings. The van der Waals surface area contributed by atoms with Gasteiger partial charge in [-0.05, 0) is 32.1 Å². The van der Waals surface area contributed by atoms with Gasteiger partial charge >= 0.3 is 0 Å². The molecule has 0 unspecified atom stereocenters. The van der Waals surface area contributed by atoms with Crippen molar-refractivity contribution in [3.63, 3.8) is 0 Å². The normalized spacial score (nSPS) is 24.8. The second-order valence-corrected chi connectivity index (χ2v) is 8.96. The predicted octanol–water partition coefficient (Wildman–Crippen LogP) is 2.33. The van der Waals surface area contributed by atoms with Gasteiger partial charge in [-0.1, -0.05) is 19.3 Å². The molecule has 0 radical (unpaired) electrons. The van der Waals surface area contributed by atoms with E-state index in [1.807, 2.05) is 24.0 Å². The molecule has 2 aliphatic rings. The molecule has 136 valence electrons. The third-order valence-corrected chi connectivity index (χ3v) is 7.47. The van der Waals surface area contributed by atoms with E-state index in [2.05, 4.69) is 4.98 Å². The largest absolute Gasteiger partial charge is 0.338 e. The highest BCUT2D eigenvalue weighted by molar-refractivity contribution is 7.86. The van der Waals surface area contributed by atoms with Crippen LogP contribution in [0.2, 0.25) is 0 Å². The van der Waals surface area contributed by atoms with Gasteiger partial charge in [-0.2, -0.15) is 17.0 Å². The number of hydrogen-bond donors (Lipinski definition) is 0. The van der Waals surface area contributed by atoms with Crippen LogP contribution in [0.3, 0.4) is 0 Å². The van der Waals surface area contributed by atoms with Crippen LogP contribution in [0, 0.1) is 0 Å². The van der Waals surface area contributed by atoms with Crippen molar-refractivity contribution in [1.82, 2.24) is 18.2 Å². The van der Waals surface area contributed by atoms with Gasteiger partial charge in [0, 0.05) is 51.5 Å². The first-order valence-corrected chi connectivity index (χ1v) is 10.7. The molecule has 1 aromatic heterocycles. The molecule has 3 rings (SSSR count). The van der Waals surface area contributed by atoms with E-state index in [4.69, 9.17) is 0 Å². The molecule has 0 aliphatic carbocycles. The Balaban J connectivity index is 1.69. The molecule has 6 nitrogen and oxygen atoms in total. The molecule has 0 aromatic carbocycles. The van der Waals surface area contributed by atoms with E-state index in [1.54, 1.807) is 8.61 Å². The van der Waals surface area contributed by atoms with E-state index in [9.17, 15) is 8.42 Å². The molecule has 7 heteroatoms. The van der Waals surface area contributed by atoms with Crippen LogP contribution in [0.4, 0.5) is 0 Å². The quantitative estimate of drug-likeness (QED) is 0.815. The molecule has 0 amide bonds. The van der Waals surface area contributed by atoms with Gasteiger partial charge in [0.2, 0.25) is 0 Å². The summed E-state index contributed by atoms with van der Waals surface area (Å²) in [4.78, 5) is 4.37. The van der Waals surface area contributed by atoms with Crippen LogP contribution in [-0.2, 0) is 23.7 Å². The van der Waals surface area contributed by atoms with Crippen molar-refractivity contribution in [1.29, 1.82) is 0 Å². The van der Waals surface area contributed by atoms with Gasteiger partial charge < -0.3 is 4.57 Å². The first-order valence-electron chi connectivity index (χ1n) is 9.32. The molecule has 0 spiro atoms. The molecule has 1 atom stereocenters. The Morgan fingerprint density at radius 3 is 2.46 bits per heavy atom. The molecular weight excluding hydrogens is 324 g/mol. The molecule has 24 heavy (non-hydrogen) atoms. The maximum absolute atomic E-state index is 13.2. The SMILES string of the molecule is Cn1ccnc1CC[C@@H]1CCCCN1S(=O)(=O)N1CCCCCC1. The van der Waals surface area contributed by atoms with Crippen molar-refractivity contribution in [2.45, 2.75) is 63.8 Å². The van der Waals surface area contributed by atoms with Gasteiger partial charge in [0.1, 0.15) is 5.82 Å². The first kappa shape index (κ1) is 17.9. The molecule has 2 saturated heterocycles. The Morgan fingerprint density at radius 1 is 1.08 bits per heavy atom. The van der Waals surface area contributed by atoms with E-state index < -0.39 is 10.2 Å². The lowest BCUT2D eigenvalue weighted by Gasteiger charge is -2.37. The van der Waals surface area contributed by atoms with Gasteiger partial charge in [0.15, 0.2) is 0 Å². The number of nitrogens with zero attached hydrogens (tertiary/aromatic N) is 4. The van der Waals surface area contributed by atoms with E-state index in [-0.39, 0.29) is 6.04 Å². The van der Waals surface area contributed by atoms with E-state index in [0.717, 1.165) is 63.6 Å². The topological polar surface area (TPSA) is 58.4 Å². The predicted molar refractivity (Wildman–Crippen MR) is 94.8 cm³/mol. The minimum atomic E-state index is -3.32. The molecule has 0 bridgehead atoms. The third-order valence-electron chi connectivity index (χ3n) is 5.38. The minimum absolute atomic E-state index is 0.115. The molecule has 2 aliphatic heterocycles. The van der Waals surface area contributed by atoms with Crippen LogP contribution in [0.5, 0.6) is 0 Å². The summed E-state index contributed by atoms with van der Waals surface area (Å²) in [5, 5.41) is 0. The maximum Gasteiger partial charge on any atom is 0.282 e. The number of piperidine rings is 1. The van der Waals surface area contributed by atoms with Gasteiger partial charge in [-0.15, -0.1) is 0 Å². The Hall–Kier alpha value is -0.920. The highest BCUT2D eigenvalue weighted by Crippen LogP contribution is 2.27. The number of imidazole rings is 1. The second kappa shape index (κ2) is 7.97. The lowest BCUT2D eigenvalue weighted by molar-refractivity contribution is 0.221. The van der Waals surface area contributed by atoms with Crippen LogP contribution >= 0.6 is 0 Å². The number of hydrogen-bond acceptors (Lipinski definition) is 3. The summed E-state index contributed by atoms with van der Waals surface area (Å²) in [7, 11) is -1.32.